The van der Waals surface area contributed by atoms with Crippen molar-refractivity contribution in [2.24, 2.45) is 0 Å². The number of carbonyl (C=O) groups is 2. The number of carbonyl (C=O) groups excluding carboxylic acids is 2. The van der Waals surface area contributed by atoms with Gasteiger partial charge in [-0.2, -0.15) is 0 Å². The fourth-order valence-electron chi connectivity index (χ4n) is 3.71. The minimum Gasteiger partial charge on any atom is -0.370 e. The van der Waals surface area contributed by atoms with Crippen LogP contribution in [0, 0.1) is 0 Å². The first-order valence-electron chi connectivity index (χ1n) is 11.1. The van der Waals surface area contributed by atoms with Crippen LogP contribution in [0.4, 0.5) is 0 Å². The van der Waals surface area contributed by atoms with Gasteiger partial charge in [0.25, 0.3) is 5.91 Å². The molecule has 33 heavy (non-hydrogen) atoms. The van der Waals surface area contributed by atoms with Gasteiger partial charge in [0.2, 0.25) is 5.91 Å². The van der Waals surface area contributed by atoms with Gasteiger partial charge in [-0.1, -0.05) is 50.2 Å². The van der Waals surface area contributed by atoms with Crippen molar-refractivity contribution in [2.45, 2.75) is 39.0 Å². The number of benzene rings is 1. The third-order valence-corrected chi connectivity index (χ3v) is 6.62. The van der Waals surface area contributed by atoms with Gasteiger partial charge in [0.05, 0.1) is 17.7 Å². The van der Waals surface area contributed by atoms with Crippen molar-refractivity contribution < 1.29 is 14.3 Å². The summed E-state index contributed by atoms with van der Waals surface area (Å²) in [5.74, 6) is -0.0822. The number of nitrogens with zero attached hydrogens (tertiary/aromatic N) is 4. The second-order valence-corrected chi connectivity index (χ2v) is 9.36. The lowest BCUT2D eigenvalue weighted by atomic mass is 10.2. The van der Waals surface area contributed by atoms with E-state index in [4.69, 9.17) is 4.74 Å². The Hall–Kier alpha value is -3.10. The highest BCUT2D eigenvalue weighted by Gasteiger charge is 2.32. The highest BCUT2D eigenvalue weighted by atomic mass is 32.1. The maximum atomic E-state index is 13.3. The first kappa shape index (κ1) is 23.1. The molecular formula is C25H28N4O3S. The molecule has 1 aliphatic rings. The lowest BCUT2D eigenvalue weighted by Gasteiger charge is -2.24. The third kappa shape index (κ3) is 6.03. The average Bonchev–Trinajstić information content (AvgIpc) is 3.27. The molecule has 1 fully saturated rings. The molecule has 0 N–H and O–H groups in total. The Kier molecular flexibility index (Phi) is 7.47. The van der Waals surface area contributed by atoms with E-state index < -0.39 is 0 Å². The van der Waals surface area contributed by atoms with Gasteiger partial charge in [-0.3, -0.25) is 14.6 Å². The van der Waals surface area contributed by atoms with Crippen molar-refractivity contribution in [2.75, 3.05) is 19.6 Å². The lowest BCUT2D eigenvalue weighted by Crippen LogP contribution is -2.39. The molecular weight excluding hydrogens is 436 g/mol. The predicted molar refractivity (Wildman–Crippen MR) is 127 cm³/mol. The average molecular weight is 465 g/mol. The molecule has 3 heterocycles. The van der Waals surface area contributed by atoms with E-state index in [1.54, 1.807) is 27.6 Å². The van der Waals surface area contributed by atoms with E-state index in [9.17, 15) is 9.59 Å². The quantitative estimate of drug-likeness (QED) is 0.533. The summed E-state index contributed by atoms with van der Waals surface area (Å²) in [4.78, 5) is 38.4. The highest BCUT2D eigenvalue weighted by molar-refractivity contribution is 7.09. The molecule has 1 aliphatic heterocycles. The molecule has 4 rings (SSSR count). The number of hydrogen-bond acceptors (Lipinski definition) is 6. The second-order valence-electron chi connectivity index (χ2n) is 8.47. The van der Waals surface area contributed by atoms with Crippen LogP contribution in [0.3, 0.4) is 0 Å². The Bertz CT molecular complexity index is 1070. The SMILES string of the molecule is CC(C)c1nc(C(=O)N2CC(=O)N(Cc3ccccc3)C[C@@H](OCc3cccnc3)C2)cs1. The smallest absolute Gasteiger partial charge is 0.273 e. The van der Waals surface area contributed by atoms with Gasteiger partial charge in [0.15, 0.2) is 0 Å². The Morgan fingerprint density at radius 2 is 1.94 bits per heavy atom. The van der Waals surface area contributed by atoms with E-state index >= 15 is 0 Å². The van der Waals surface area contributed by atoms with Gasteiger partial charge in [0, 0.05) is 43.3 Å². The fraction of sp³-hybridized carbons (Fsp3) is 0.360. The summed E-state index contributed by atoms with van der Waals surface area (Å²) in [6.07, 6.45) is 3.15. The Labute approximate surface area is 198 Å². The van der Waals surface area contributed by atoms with Crippen molar-refractivity contribution in [3.05, 3.63) is 82.1 Å². The van der Waals surface area contributed by atoms with E-state index in [1.165, 1.54) is 11.3 Å². The molecule has 7 nitrogen and oxygen atoms in total. The van der Waals surface area contributed by atoms with Crippen LogP contribution in [-0.4, -0.2) is 57.3 Å². The van der Waals surface area contributed by atoms with Gasteiger partial charge < -0.3 is 14.5 Å². The molecule has 0 spiro atoms. The Morgan fingerprint density at radius 1 is 1.15 bits per heavy atom. The summed E-state index contributed by atoms with van der Waals surface area (Å²) in [7, 11) is 0. The van der Waals surface area contributed by atoms with E-state index in [1.807, 2.05) is 56.3 Å². The zero-order valence-corrected chi connectivity index (χ0v) is 19.7. The molecule has 0 saturated carbocycles. The highest BCUT2D eigenvalue weighted by Crippen LogP contribution is 2.21. The minimum absolute atomic E-state index is 0.00690. The van der Waals surface area contributed by atoms with Crippen LogP contribution in [0.5, 0.6) is 0 Å². The number of thiazole rings is 1. The maximum absolute atomic E-state index is 13.3. The van der Waals surface area contributed by atoms with Crippen molar-refractivity contribution in [3.63, 3.8) is 0 Å². The third-order valence-electron chi connectivity index (χ3n) is 5.47. The van der Waals surface area contributed by atoms with E-state index in [-0.39, 0.29) is 30.4 Å². The number of amides is 2. The van der Waals surface area contributed by atoms with Crippen molar-refractivity contribution in [3.8, 4) is 0 Å². The molecule has 2 aromatic heterocycles. The predicted octanol–water partition coefficient (Wildman–Crippen LogP) is 3.73. The standard InChI is InChI=1S/C25H28N4O3S/c1-18(2)24-27-22(17-33-24)25(31)29-14-21(32-16-20-9-6-10-26-11-20)13-28(23(30)15-29)12-19-7-4-3-5-8-19/h3-11,17-18,21H,12-16H2,1-2H3/t21-/m1/s1. The molecule has 0 aliphatic carbocycles. The van der Waals surface area contributed by atoms with Crippen LogP contribution in [0.25, 0.3) is 0 Å². The summed E-state index contributed by atoms with van der Waals surface area (Å²) < 4.78 is 6.18. The molecule has 8 heteroatoms. The van der Waals surface area contributed by atoms with Gasteiger partial charge >= 0.3 is 0 Å². The second kappa shape index (κ2) is 10.7. The molecule has 3 aromatic rings. The van der Waals surface area contributed by atoms with Crippen molar-refractivity contribution in [1.29, 1.82) is 0 Å². The van der Waals surface area contributed by atoms with Gasteiger partial charge in [0.1, 0.15) is 12.2 Å². The van der Waals surface area contributed by atoms with E-state index in [0.717, 1.165) is 16.1 Å². The van der Waals surface area contributed by atoms with E-state index in [2.05, 4.69) is 9.97 Å². The fourth-order valence-corrected chi connectivity index (χ4v) is 4.52. The summed E-state index contributed by atoms with van der Waals surface area (Å²) in [6.45, 7) is 5.67. The van der Waals surface area contributed by atoms with Crippen LogP contribution in [0.1, 0.15) is 46.4 Å². The van der Waals surface area contributed by atoms with Crippen LogP contribution >= 0.6 is 11.3 Å². The van der Waals surface area contributed by atoms with Crippen LogP contribution in [0.15, 0.2) is 60.2 Å². The van der Waals surface area contributed by atoms with Crippen molar-refractivity contribution in [1.82, 2.24) is 19.8 Å². The van der Waals surface area contributed by atoms with Gasteiger partial charge in [-0.15, -0.1) is 11.3 Å². The molecule has 0 radical (unpaired) electrons. The number of pyridine rings is 1. The zero-order valence-electron chi connectivity index (χ0n) is 18.9. The monoisotopic (exact) mass is 464 g/mol. The molecule has 172 valence electrons. The molecule has 0 unspecified atom stereocenters. The summed E-state index contributed by atoms with van der Waals surface area (Å²) in [5.41, 5.74) is 2.37. The van der Waals surface area contributed by atoms with E-state index in [0.29, 0.717) is 31.9 Å². The largest absolute Gasteiger partial charge is 0.370 e. The van der Waals surface area contributed by atoms with Crippen LogP contribution < -0.4 is 0 Å². The summed E-state index contributed by atoms with van der Waals surface area (Å²) in [5, 5.41) is 2.69. The van der Waals surface area contributed by atoms with Crippen molar-refractivity contribution >= 4 is 23.2 Å². The Morgan fingerprint density at radius 3 is 2.64 bits per heavy atom. The molecule has 0 bridgehead atoms. The zero-order chi connectivity index (χ0) is 23.2. The summed E-state index contributed by atoms with van der Waals surface area (Å²) >= 11 is 1.47. The first-order valence-corrected chi connectivity index (χ1v) is 11.9. The van der Waals surface area contributed by atoms with Crippen LogP contribution in [0.2, 0.25) is 0 Å². The molecule has 1 atom stereocenters. The van der Waals surface area contributed by atoms with Gasteiger partial charge in [-0.05, 0) is 17.2 Å². The minimum atomic E-state index is -0.326. The number of hydrogen-bond donors (Lipinski definition) is 0. The lowest BCUT2D eigenvalue weighted by molar-refractivity contribution is -0.132. The van der Waals surface area contributed by atoms with Crippen LogP contribution in [-0.2, 0) is 22.7 Å². The molecule has 2 amide bonds. The maximum Gasteiger partial charge on any atom is 0.273 e. The Balaban J connectivity index is 1.53. The number of aromatic nitrogens is 2. The normalized spacial score (nSPS) is 16.8. The summed E-state index contributed by atoms with van der Waals surface area (Å²) in [6, 6.07) is 13.7. The number of rotatable bonds is 7. The topological polar surface area (TPSA) is 75.6 Å². The molecule has 1 aromatic carbocycles. The number of ether oxygens (including phenoxy) is 1. The van der Waals surface area contributed by atoms with Gasteiger partial charge in [-0.25, -0.2) is 4.98 Å². The first-order chi connectivity index (χ1) is 16.0. The molecule has 1 saturated heterocycles.